The lowest BCUT2D eigenvalue weighted by atomic mass is 10.3. The molecule has 0 aliphatic heterocycles. The number of rotatable bonds is 3. The van der Waals surface area contributed by atoms with Crippen molar-refractivity contribution in [1.82, 2.24) is 15.0 Å². The predicted octanol–water partition coefficient (Wildman–Crippen LogP) is 2.65. The molecule has 0 radical (unpaired) electrons. The first kappa shape index (κ1) is 11.0. The maximum atomic E-state index is 4.10. The Bertz CT molecular complexity index is 397. The van der Waals surface area contributed by atoms with Gasteiger partial charge < -0.3 is 0 Å². The predicted molar refractivity (Wildman–Crippen MR) is 59.7 cm³/mol. The van der Waals surface area contributed by atoms with E-state index in [1.54, 1.807) is 0 Å². The molecule has 2 aromatic rings. The fraction of sp³-hybridized carbons (Fsp3) is 0.400. The molecule has 0 saturated heterocycles. The highest BCUT2D eigenvalue weighted by Crippen LogP contribution is 2.10. The summed E-state index contributed by atoms with van der Waals surface area (Å²) in [5, 5.41) is 8.18. The molecule has 0 aliphatic rings. The average Bonchev–Trinajstić information content (AvgIpc) is 2.58. The molecular weight excluding hydrogens is 198 g/mol. The van der Waals surface area contributed by atoms with Gasteiger partial charge in [0, 0.05) is 6.54 Å². The fourth-order valence-corrected chi connectivity index (χ4v) is 1.39. The summed E-state index contributed by atoms with van der Waals surface area (Å²) >= 11 is 0. The van der Waals surface area contributed by atoms with Gasteiger partial charge in [0.15, 0.2) is 0 Å². The fourth-order valence-electron chi connectivity index (χ4n) is 1.39. The van der Waals surface area contributed by atoms with Crippen molar-refractivity contribution < 1.29 is 0 Å². The van der Waals surface area contributed by atoms with Gasteiger partial charge >= 0.3 is 0 Å². The quantitative estimate of drug-likeness (QED) is 0.782. The first-order valence-corrected chi connectivity index (χ1v) is 4.70. The molecule has 1 aromatic carbocycles. The molecule has 0 unspecified atom stereocenters. The van der Waals surface area contributed by atoms with Gasteiger partial charge in [0.1, 0.15) is 5.52 Å². The van der Waals surface area contributed by atoms with E-state index in [0.717, 1.165) is 24.0 Å². The molecule has 0 saturated carbocycles. The molecule has 1 heterocycles. The minimum Gasteiger partial charge on any atom is -0.245 e. The van der Waals surface area contributed by atoms with Crippen LogP contribution in [0.15, 0.2) is 24.3 Å². The van der Waals surface area contributed by atoms with Crippen molar-refractivity contribution in [1.29, 1.82) is 0 Å². The van der Waals surface area contributed by atoms with Gasteiger partial charge in [-0.15, -0.1) is 17.5 Å². The molecule has 4 heteroatoms. The molecule has 0 aliphatic carbocycles. The Morgan fingerprint density at radius 2 is 2.07 bits per heavy atom. The van der Waals surface area contributed by atoms with Gasteiger partial charge in [-0.25, -0.2) is 4.68 Å². The van der Waals surface area contributed by atoms with E-state index in [1.807, 2.05) is 22.9 Å². The third-order valence-corrected chi connectivity index (χ3v) is 2.14. The summed E-state index contributed by atoms with van der Waals surface area (Å²) in [7, 11) is 0. The Morgan fingerprint density at radius 3 is 2.86 bits per heavy atom. The second-order valence-corrected chi connectivity index (χ2v) is 3.15. The van der Waals surface area contributed by atoms with Crippen molar-refractivity contribution in [2.75, 3.05) is 0 Å². The van der Waals surface area contributed by atoms with Crippen LogP contribution in [0.25, 0.3) is 11.0 Å². The summed E-state index contributed by atoms with van der Waals surface area (Å²) in [4.78, 5) is 0. The van der Waals surface area contributed by atoms with Crippen molar-refractivity contribution in [2.24, 2.45) is 0 Å². The van der Waals surface area contributed by atoms with Crippen LogP contribution in [0, 0.1) is 0 Å². The number of halogens is 1. The van der Waals surface area contributed by atoms with Crippen molar-refractivity contribution in [2.45, 2.75) is 26.3 Å². The maximum Gasteiger partial charge on any atom is 0.113 e. The van der Waals surface area contributed by atoms with E-state index in [1.165, 1.54) is 6.42 Å². The van der Waals surface area contributed by atoms with Crippen LogP contribution in [-0.4, -0.2) is 15.0 Å². The Balaban J connectivity index is 0.000000980. The minimum atomic E-state index is 0. The summed E-state index contributed by atoms with van der Waals surface area (Å²) < 4.78 is 1.97. The van der Waals surface area contributed by atoms with Crippen LogP contribution in [0.2, 0.25) is 0 Å². The zero-order chi connectivity index (χ0) is 9.10. The maximum absolute atomic E-state index is 4.10. The van der Waals surface area contributed by atoms with E-state index in [9.17, 15) is 0 Å². The number of benzene rings is 1. The number of para-hydroxylation sites is 1. The summed E-state index contributed by atoms with van der Waals surface area (Å²) in [6.07, 6.45) is 2.35. The van der Waals surface area contributed by atoms with Gasteiger partial charge in [-0.05, 0) is 18.6 Å². The lowest BCUT2D eigenvalue weighted by Crippen LogP contribution is -1.99. The summed E-state index contributed by atoms with van der Waals surface area (Å²) in [6, 6.07) is 8.06. The van der Waals surface area contributed by atoms with Crippen LogP contribution in [0.1, 0.15) is 19.8 Å². The highest BCUT2D eigenvalue weighted by Gasteiger charge is 2.00. The van der Waals surface area contributed by atoms with Crippen LogP contribution < -0.4 is 0 Å². The zero-order valence-corrected chi connectivity index (χ0v) is 9.00. The summed E-state index contributed by atoms with van der Waals surface area (Å²) in [6.45, 7) is 3.15. The third kappa shape index (κ3) is 2.04. The highest BCUT2D eigenvalue weighted by molar-refractivity contribution is 5.85. The first-order chi connectivity index (χ1) is 6.42. The smallest absolute Gasteiger partial charge is 0.113 e. The third-order valence-electron chi connectivity index (χ3n) is 2.14. The number of aryl methyl sites for hydroxylation is 1. The molecule has 14 heavy (non-hydrogen) atoms. The molecule has 0 spiro atoms. The van der Waals surface area contributed by atoms with Gasteiger partial charge in [-0.2, -0.15) is 0 Å². The highest BCUT2D eigenvalue weighted by atomic mass is 35.5. The SMILES string of the molecule is CCCCn1nnc2ccccc21.Cl. The van der Waals surface area contributed by atoms with Crippen molar-refractivity contribution in [3.8, 4) is 0 Å². The number of aromatic nitrogens is 3. The molecule has 0 N–H and O–H groups in total. The first-order valence-electron chi connectivity index (χ1n) is 4.70. The van der Waals surface area contributed by atoms with Gasteiger partial charge in [0.2, 0.25) is 0 Å². The minimum absolute atomic E-state index is 0. The lowest BCUT2D eigenvalue weighted by molar-refractivity contribution is 0.567. The number of hydrogen-bond donors (Lipinski definition) is 0. The number of hydrogen-bond acceptors (Lipinski definition) is 2. The number of fused-ring (bicyclic) bond motifs is 1. The van der Waals surface area contributed by atoms with Crippen LogP contribution in [-0.2, 0) is 6.54 Å². The van der Waals surface area contributed by atoms with E-state index >= 15 is 0 Å². The molecule has 0 amide bonds. The lowest BCUT2D eigenvalue weighted by Gasteiger charge is -1.98. The molecule has 3 nitrogen and oxygen atoms in total. The second kappa shape index (κ2) is 4.96. The molecular formula is C10H14ClN3. The molecule has 0 atom stereocenters. The Hall–Kier alpha value is -1.09. The van der Waals surface area contributed by atoms with E-state index < -0.39 is 0 Å². The van der Waals surface area contributed by atoms with Crippen molar-refractivity contribution >= 4 is 23.4 Å². The van der Waals surface area contributed by atoms with Crippen LogP contribution in [0.4, 0.5) is 0 Å². The van der Waals surface area contributed by atoms with Gasteiger partial charge in [-0.3, -0.25) is 0 Å². The molecule has 2 rings (SSSR count). The summed E-state index contributed by atoms with van der Waals surface area (Å²) in [5.74, 6) is 0. The standard InChI is InChI=1S/C10H13N3.ClH/c1-2-3-8-13-10-7-5-4-6-9(10)11-12-13;/h4-7H,2-3,8H2,1H3;1H. The molecule has 76 valence electrons. The average molecular weight is 212 g/mol. The molecule has 0 bridgehead atoms. The van der Waals surface area contributed by atoms with Gasteiger partial charge in [0.05, 0.1) is 5.52 Å². The zero-order valence-electron chi connectivity index (χ0n) is 8.18. The molecule has 1 aromatic heterocycles. The van der Waals surface area contributed by atoms with E-state index in [-0.39, 0.29) is 12.4 Å². The number of nitrogens with zero attached hydrogens (tertiary/aromatic N) is 3. The van der Waals surface area contributed by atoms with E-state index in [4.69, 9.17) is 0 Å². The topological polar surface area (TPSA) is 30.7 Å². The van der Waals surface area contributed by atoms with E-state index in [0.29, 0.717) is 0 Å². The monoisotopic (exact) mass is 211 g/mol. The van der Waals surface area contributed by atoms with Gasteiger partial charge in [0.25, 0.3) is 0 Å². The number of unbranched alkanes of at least 4 members (excludes halogenated alkanes) is 1. The Labute approximate surface area is 89.5 Å². The second-order valence-electron chi connectivity index (χ2n) is 3.15. The van der Waals surface area contributed by atoms with Crippen molar-refractivity contribution in [3.05, 3.63) is 24.3 Å². The Morgan fingerprint density at radius 1 is 1.29 bits per heavy atom. The van der Waals surface area contributed by atoms with E-state index in [2.05, 4.69) is 23.3 Å². The summed E-state index contributed by atoms with van der Waals surface area (Å²) in [5.41, 5.74) is 2.12. The largest absolute Gasteiger partial charge is 0.245 e. The van der Waals surface area contributed by atoms with Crippen LogP contribution in [0.5, 0.6) is 0 Å². The van der Waals surface area contributed by atoms with Gasteiger partial charge in [-0.1, -0.05) is 30.7 Å². The van der Waals surface area contributed by atoms with Crippen LogP contribution in [0.3, 0.4) is 0 Å². The normalized spacial score (nSPS) is 10.1. The Kier molecular flexibility index (Phi) is 3.89. The van der Waals surface area contributed by atoms with Crippen LogP contribution >= 0.6 is 12.4 Å². The van der Waals surface area contributed by atoms with Crippen molar-refractivity contribution in [3.63, 3.8) is 0 Å². The molecule has 0 fully saturated rings.